The Morgan fingerprint density at radius 2 is 1.79 bits per heavy atom. The van der Waals surface area contributed by atoms with Crippen LogP contribution in [0.15, 0.2) is 67.0 Å². The summed E-state index contributed by atoms with van der Waals surface area (Å²) in [6.07, 6.45) is 3.10. The topological polar surface area (TPSA) is 92.3 Å². The van der Waals surface area contributed by atoms with E-state index in [-0.39, 0.29) is 11.3 Å². The molecular weight excluding hydrogens is 368 g/mol. The van der Waals surface area contributed by atoms with E-state index in [9.17, 15) is 14.4 Å². The number of imide groups is 1. The smallest absolute Gasteiger partial charge is 0.280 e. The van der Waals surface area contributed by atoms with Crippen molar-refractivity contribution in [1.82, 2.24) is 14.9 Å². The zero-order valence-corrected chi connectivity index (χ0v) is 15.1. The van der Waals surface area contributed by atoms with Gasteiger partial charge in [-0.2, -0.15) is 0 Å². The second-order valence-electron chi connectivity index (χ2n) is 6.19. The fraction of sp³-hybridized carbons (Fsp3) is 0.0455. The number of hydrogen-bond acceptors (Lipinski definition) is 5. The van der Waals surface area contributed by atoms with Gasteiger partial charge in [-0.3, -0.25) is 24.3 Å². The highest BCUT2D eigenvalue weighted by Gasteiger charge is 2.37. The van der Waals surface area contributed by atoms with Crippen LogP contribution in [-0.4, -0.2) is 39.1 Å². The van der Waals surface area contributed by atoms with E-state index in [1.807, 2.05) is 12.1 Å². The molecule has 1 N–H and O–H groups in total. The molecule has 7 nitrogen and oxygen atoms in total. The lowest BCUT2D eigenvalue weighted by molar-refractivity contribution is -0.116. The Balaban J connectivity index is 1.44. The molecule has 0 spiro atoms. The maximum Gasteiger partial charge on any atom is 0.280 e. The average Bonchev–Trinajstić information content (AvgIpc) is 2.98. The molecular formula is C22H14N4O3. The van der Waals surface area contributed by atoms with Crippen molar-refractivity contribution < 1.29 is 14.4 Å². The van der Waals surface area contributed by atoms with Crippen LogP contribution in [0.5, 0.6) is 0 Å². The molecule has 7 heteroatoms. The van der Waals surface area contributed by atoms with Crippen LogP contribution in [0, 0.1) is 11.8 Å². The van der Waals surface area contributed by atoms with Gasteiger partial charge in [0.2, 0.25) is 5.91 Å². The number of fused-ring (bicyclic) bond motifs is 1. The van der Waals surface area contributed by atoms with Gasteiger partial charge in [-0.25, -0.2) is 4.98 Å². The highest BCUT2D eigenvalue weighted by molar-refractivity contribution is 6.21. The van der Waals surface area contributed by atoms with E-state index >= 15 is 0 Å². The molecule has 0 radical (unpaired) electrons. The van der Waals surface area contributed by atoms with Gasteiger partial charge in [0.25, 0.3) is 11.8 Å². The number of carbonyl (C=O) groups is 3. The van der Waals surface area contributed by atoms with E-state index in [2.05, 4.69) is 27.1 Å². The van der Waals surface area contributed by atoms with E-state index in [4.69, 9.17) is 0 Å². The van der Waals surface area contributed by atoms with Gasteiger partial charge in [0.05, 0.1) is 5.56 Å². The van der Waals surface area contributed by atoms with E-state index in [0.717, 1.165) is 4.90 Å². The molecule has 1 aromatic carbocycles. The summed E-state index contributed by atoms with van der Waals surface area (Å²) in [6.45, 7) is -0.391. The van der Waals surface area contributed by atoms with E-state index in [0.29, 0.717) is 16.9 Å². The van der Waals surface area contributed by atoms with Gasteiger partial charge in [-0.1, -0.05) is 18.1 Å². The SMILES string of the molecule is O=C(CN1C(=O)c2cccnc2C1=O)Nc1cccc(C#Cc2ccccn2)c1. The summed E-state index contributed by atoms with van der Waals surface area (Å²) in [5.41, 5.74) is 2.12. The normalized spacial score (nSPS) is 12.2. The van der Waals surface area contributed by atoms with E-state index in [1.165, 1.54) is 12.3 Å². The second-order valence-corrected chi connectivity index (χ2v) is 6.19. The van der Waals surface area contributed by atoms with Crippen LogP contribution in [-0.2, 0) is 4.79 Å². The molecule has 0 aliphatic carbocycles. The van der Waals surface area contributed by atoms with Crippen molar-refractivity contribution in [2.24, 2.45) is 0 Å². The molecule has 0 unspecified atom stereocenters. The minimum atomic E-state index is -0.573. The van der Waals surface area contributed by atoms with Crippen molar-refractivity contribution in [3.05, 3.63) is 89.5 Å². The van der Waals surface area contributed by atoms with Crippen molar-refractivity contribution in [3.8, 4) is 11.8 Å². The number of pyridine rings is 2. The van der Waals surface area contributed by atoms with Gasteiger partial charge in [-0.05, 0) is 48.4 Å². The Hall–Kier alpha value is -4.31. The third-order valence-corrected chi connectivity index (χ3v) is 4.18. The number of aromatic nitrogens is 2. The number of rotatable bonds is 3. The van der Waals surface area contributed by atoms with E-state index in [1.54, 1.807) is 42.6 Å². The molecule has 29 heavy (non-hydrogen) atoms. The van der Waals surface area contributed by atoms with Crippen molar-refractivity contribution in [2.45, 2.75) is 0 Å². The average molecular weight is 382 g/mol. The molecule has 0 atom stereocenters. The number of amides is 3. The minimum Gasteiger partial charge on any atom is -0.324 e. The number of nitrogens with one attached hydrogen (secondary N) is 1. The Morgan fingerprint density at radius 1 is 0.931 bits per heavy atom. The molecule has 1 aliphatic rings. The molecule has 3 heterocycles. The predicted molar refractivity (Wildman–Crippen MR) is 105 cm³/mol. The molecule has 4 rings (SSSR count). The molecule has 140 valence electrons. The zero-order chi connectivity index (χ0) is 20.2. The molecule has 3 aromatic rings. The van der Waals surface area contributed by atoms with Gasteiger partial charge in [0.15, 0.2) is 0 Å². The zero-order valence-electron chi connectivity index (χ0n) is 15.1. The lowest BCUT2D eigenvalue weighted by atomic mass is 10.2. The number of benzene rings is 1. The van der Waals surface area contributed by atoms with Crippen LogP contribution in [0.1, 0.15) is 32.1 Å². The van der Waals surface area contributed by atoms with Gasteiger partial charge < -0.3 is 5.32 Å². The third-order valence-electron chi connectivity index (χ3n) is 4.18. The summed E-state index contributed by atoms with van der Waals surface area (Å²) in [4.78, 5) is 46.0. The molecule has 0 saturated carbocycles. The fourth-order valence-electron chi connectivity index (χ4n) is 2.85. The summed E-state index contributed by atoms with van der Waals surface area (Å²) >= 11 is 0. The molecule has 2 aromatic heterocycles. The monoisotopic (exact) mass is 382 g/mol. The highest BCUT2D eigenvalue weighted by atomic mass is 16.2. The molecule has 0 saturated heterocycles. The number of hydrogen-bond donors (Lipinski definition) is 1. The molecule has 0 fully saturated rings. The fourth-order valence-corrected chi connectivity index (χ4v) is 2.85. The van der Waals surface area contributed by atoms with Crippen LogP contribution < -0.4 is 5.32 Å². The Bertz CT molecular complexity index is 1140. The van der Waals surface area contributed by atoms with Crippen LogP contribution in [0.4, 0.5) is 5.69 Å². The van der Waals surface area contributed by atoms with Crippen LogP contribution in [0.2, 0.25) is 0 Å². The first-order valence-corrected chi connectivity index (χ1v) is 8.76. The first-order chi connectivity index (χ1) is 14.1. The lowest BCUT2D eigenvalue weighted by Gasteiger charge is -2.13. The molecule has 3 amide bonds. The Morgan fingerprint density at radius 3 is 2.59 bits per heavy atom. The summed E-state index contributed by atoms with van der Waals surface area (Å²) in [6, 6.07) is 15.5. The van der Waals surface area contributed by atoms with Crippen LogP contribution in [0.25, 0.3) is 0 Å². The first kappa shape index (κ1) is 18.1. The highest BCUT2D eigenvalue weighted by Crippen LogP contribution is 2.20. The lowest BCUT2D eigenvalue weighted by Crippen LogP contribution is -2.37. The summed E-state index contributed by atoms with van der Waals surface area (Å²) in [7, 11) is 0. The summed E-state index contributed by atoms with van der Waals surface area (Å²) < 4.78 is 0. The van der Waals surface area contributed by atoms with Crippen molar-refractivity contribution >= 4 is 23.4 Å². The molecule has 1 aliphatic heterocycles. The van der Waals surface area contributed by atoms with Gasteiger partial charge >= 0.3 is 0 Å². The Labute approximate surface area is 166 Å². The van der Waals surface area contributed by atoms with Crippen molar-refractivity contribution in [3.63, 3.8) is 0 Å². The second kappa shape index (κ2) is 7.74. The van der Waals surface area contributed by atoms with Crippen molar-refractivity contribution in [1.29, 1.82) is 0 Å². The standard InChI is InChI=1S/C22H14N4O3/c27-19(14-26-21(28)18-8-4-12-24-20(18)22(26)29)25-17-7-3-5-15(13-17)9-10-16-6-1-2-11-23-16/h1-8,11-13H,14H2,(H,25,27). The number of carbonyl (C=O) groups excluding carboxylic acids is 3. The number of nitrogens with zero attached hydrogens (tertiary/aromatic N) is 3. The van der Waals surface area contributed by atoms with Crippen LogP contribution in [0.3, 0.4) is 0 Å². The quantitative estimate of drug-likeness (QED) is 0.553. The van der Waals surface area contributed by atoms with Crippen LogP contribution >= 0.6 is 0 Å². The minimum absolute atomic E-state index is 0.0668. The van der Waals surface area contributed by atoms with Crippen molar-refractivity contribution in [2.75, 3.05) is 11.9 Å². The maximum atomic E-state index is 12.4. The summed E-state index contributed by atoms with van der Waals surface area (Å²) in [5, 5.41) is 2.69. The largest absolute Gasteiger partial charge is 0.324 e. The van der Waals surface area contributed by atoms with Gasteiger partial charge in [0.1, 0.15) is 17.9 Å². The van der Waals surface area contributed by atoms with E-state index < -0.39 is 24.3 Å². The van der Waals surface area contributed by atoms with Gasteiger partial charge in [-0.15, -0.1) is 0 Å². The van der Waals surface area contributed by atoms with Gasteiger partial charge in [0, 0.05) is 23.6 Å². The first-order valence-electron chi connectivity index (χ1n) is 8.76. The summed E-state index contributed by atoms with van der Waals surface area (Å²) in [5.74, 6) is 4.34. The number of anilines is 1. The third kappa shape index (κ3) is 3.87. The molecule has 0 bridgehead atoms. The maximum absolute atomic E-state index is 12.4. The predicted octanol–water partition coefficient (Wildman–Crippen LogP) is 2.11. The Kier molecular flexibility index (Phi) is 4.82.